The second-order valence-corrected chi connectivity index (χ2v) is 8.05. The van der Waals surface area contributed by atoms with Crippen molar-refractivity contribution in [3.05, 3.63) is 41.2 Å². The number of ether oxygens (including phenoxy) is 1. The molecule has 0 saturated carbocycles. The zero-order valence-electron chi connectivity index (χ0n) is 16.6. The quantitative estimate of drug-likeness (QED) is 0.642. The molecule has 1 aromatic rings. The third kappa shape index (κ3) is 4.79. The Kier molecular flexibility index (Phi) is 7.45. The lowest BCUT2D eigenvalue weighted by molar-refractivity contribution is -0.0438. The van der Waals surface area contributed by atoms with Gasteiger partial charge in [0.15, 0.2) is 0 Å². The monoisotopic (exact) mass is 375 g/mol. The fraction of sp³-hybridized carbons (Fsp3) is 0.652. The Morgan fingerprint density at radius 2 is 2.15 bits per heavy atom. The van der Waals surface area contributed by atoms with E-state index in [9.17, 15) is 9.50 Å². The fourth-order valence-corrected chi connectivity index (χ4v) is 4.74. The third-order valence-corrected chi connectivity index (χ3v) is 6.22. The van der Waals surface area contributed by atoms with Crippen LogP contribution >= 0.6 is 0 Å². The predicted molar refractivity (Wildman–Crippen MR) is 108 cm³/mol. The van der Waals surface area contributed by atoms with Crippen LogP contribution in [-0.2, 0) is 10.3 Å². The zero-order valence-corrected chi connectivity index (χ0v) is 16.6. The first kappa shape index (κ1) is 20.5. The van der Waals surface area contributed by atoms with Crippen LogP contribution in [0.2, 0.25) is 0 Å². The lowest BCUT2D eigenvalue weighted by Crippen LogP contribution is -2.45. The summed E-state index contributed by atoms with van der Waals surface area (Å²) < 4.78 is 20.2. The van der Waals surface area contributed by atoms with Crippen LogP contribution in [0.15, 0.2) is 24.3 Å². The van der Waals surface area contributed by atoms with Gasteiger partial charge in [0.1, 0.15) is 5.82 Å². The Labute approximate surface area is 163 Å². The topological polar surface area (TPSA) is 41.5 Å². The minimum absolute atomic E-state index is 0.110. The molecule has 3 rings (SSSR count). The first-order valence-corrected chi connectivity index (χ1v) is 10.6. The maximum atomic E-state index is 15.0. The second-order valence-electron chi connectivity index (χ2n) is 8.05. The van der Waals surface area contributed by atoms with Gasteiger partial charge in [-0.3, -0.25) is 0 Å². The minimum atomic E-state index is -1.00. The molecule has 0 amide bonds. The number of allylic oxidation sites excluding steroid dienone is 2. The molecule has 2 atom stereocenters. The van der Waals surface area contributed by atoms with E-state index >= 15 is 0 Å². The summed E-state index contributed by atoms with van der Waals surface area (Å²) in [5, 5.41) is 15.4. The summed E-state index contributed by atoms with van der Waals surface area (Å²) in [5.74, 6) is -0.0849. The Morgan fingerprint density at radius 3 is 2.85 bits per heavy atom. The van der Waals surface area contributed by atoms with Crippen LogP contribution in [-0.4, -0.2) is 31.9 Å². The highest BCUT2D eigenvalue weighted by Crippen LogP contribution is 2.43. The number of hydrogen-bond donors (Lipinski definition) is 2. The van der Waals surface area contributed by atoms with Crippen LogP contribution in [0.25, 0.3) is 5.57 Å². The molecule has 4 heteroatoms. The molecule has 1 aliphatic carbocycles. The summed E-state index contributed by atoms with van der Waals surface area (Å²) >= 11 is 0. The van der Waals surface area contributed by atoms with Gasteiger partial charge < -0.3 is 15.2 Å². The van der Waals surface area contributed by atoms with E-state index in [4.69, 9.17) is 4.74 Å². The summed E-state index contributed by atoms with van der Waals surface area (Å²) in [6, 6.07) is 5.26. The molecule has 2 aliphatic rings. The molecule has 0 unspecified atom stereocenters. The number of unbranched alkanes of at least 4 members (excludes halogenated alkanes) is 1. The molecule has 1 saturated heterocycles. The molecule has 1 aliphatic heterocycles. The average Bonchev–Trinajstić information content (AvgIpc) is 2.72. The average molecular weight is 376 g/mol. The van der Waals surface area contributed by atoms with Crippen molar-refractivity contribution in [2.45, 2.75) is 63.4 Å². The van der Waals surface area contributed by atoms with Crippen LogP contribution in [0.5, 0.6) is 0 Å². The summed E-state index contributed by atoms with van der Waals surface area (Å²) in [6.07, 6.45) is 10.8. The van der Waals surface area contributed by atoms with E-state index in [0.29, 0.717) is 18.6 Å². The van der Waals surface area contributed by atoms with Crippen molar-refractivity contribution in [1.29, 1.82) is 0 Å². The molecule has 2 N–H and O–H groups in total. The number of benzene rings is 1. The van der Waals surface area contributed by atoms with E-state index in [1.54, 1.807) is 19.2 Å². The number of hydrogen-bond acceptors (Lipinski definition) is 3. The van der Waals surface area contributed by atoms with E-state index in [1.165, 1.54) is 6.42 Å². The van der Waals surface area contributed by atoms with Gasteiger partial charge in [-0.1, -0.05) is 18.2 Å². The van der Waals surface area contributed by atoms with Crippen molar-refractivity contribution >= 4 is 5.57 Å². The van der Waals surface area contributed by atoms with Gasteiger partial charge in [0.25, 0.3) is 0 Å². The number of nitrogens with one attached hydrogen (secondary N) is 1. The normalized spacial score (nSPS) is 22.9. The van der Waals surface area contributed by atoms with Crippen LogP contribution < -0.4 is 5.32 Å². The highest BCUT2D eigenvalue weighted by molar-refractivity contribution is 5.70. The van der Waals surface area contributed by atoms with Gasteiger partial charge in [0.2, 0.25) is 0 Å². The fourth-order valence-electron chi connectivity index (χ4n) is 4.74. The van der Waals surface area contributed by atoms with Crippen LogP contribution in [0.1, 0.15) is 68.9 Å². The molecule has 0 spiro atoms. The summed E-state index contributed by atoms with van der Waals surface area (Å²) in [5.41, 5.74) is 1.53. The van der Waals surface area contributed by atoms with E-state index in [0.717, 1.165) is 69.2 Å². The van der Waals surface area contributed by atoms with Gasteiger partial charge in [-0.2, -0.15) is 0 Å². The highest BCUT2D eigenvalue weighted by atomic mass is 19.1. The van der Waals surface area contributed by atoms with Gasteiger partial charge in [-0.05, 0) is 81.5 Å². The van der Waals surface area contributed by atoms with E-state index in [-0.39, 0.29) is 11.7 Å². The molecule has 3 nitrogen and oxygen atoms in total. The van der Waals surface area contributed by atoms with Crippen molar-refractivity contribution in [2.24, 2.45) is 5.92 Å². The number of aliphatic hydroxyl groups is 1. The molecule has 1 fully saturated rings. The molecule has 0 aromatic heterocycles. The molecule has 27 heavy (non-hydrogen) atoms. The Balaban J connectivity index is 1.98. The van der Waals surface area contributed by atoms with Gasteiger partial charge in [-0.25, -0.2) is 4.39 Å². The molecule has 0 bridgehead atoms. The minimum Gasteiger partial charge on any atom is -0.385 e. The Bertz CT molecular complexity index is 639. The number of methoxy groups -OCH3 is 1. The number of piperidine rings is 1. The Morgan fingerprint density at radius 1 is 1.26 bits per heavy atom. The molecule has 150 valence electrons. The van der Waals surface area contributed by atoms with Gasteiger partial charge in [0.05, 0.1) is 5.60 Å². The molecule has 1 heterocycles. The smallest absolute Gasteiger partial charge is 0.131 e. The molecular weight excluding hydrogens is 341 g/mol. The lowest BCUT2D eigenvalue weighted by atomic mass is 9.71. The second kappa shape index (κ2) is 9.81. The standard InChI is InChI=1S/C23H34FNO2/c1-27-16-6-5-14-23(26,19-11-8-15-25-17-19)20-12-7-13-21(24)22(20)18-9-3-2-4-10-18/h7,9,12-13,19,25-26H,2-6,8,10-11,14-17H2,1H3/t19-,23+/m1/s1. The van der Waals surface area contributed by atoms with Gasteiger partial charge in [0, 0.05) is 31.7 Å². The maximum absolute atomic E-state index is 15.0. The summed E-state index contributed by atoms with van der Waals surface area (Å²) in [6.45, 7) is 2.48. The van der Waals surface area contributed by atoms with Crippen molar-refractivity contribution in [3.63, 3.8) is 0 Å². The first-order valence-electron chi connectivity index (χ1n) is 10.6. The van der Waals surface area contributed by atoms with E-state index in [1.807, 2.05) is 6.07 Å². The van der Waals surface area contributed by atoms with Crippen LogP contribution in [0.3, 0.4) is 0 Å². The summed E-state index contributed by atoms with van der Waals surface area (Å²) in [7, 11) is 1.71. The maximum Gasteiger partial charge on any atom is 0.131 e. The van der Waals surface area contributed by atoms with Crippen LogP contribution in [0, 0.1) is 11.7 Å². The number of halogens is 1. The third-order valence-electron chi connectivity index (χ3n) is 6.22. The molecule has 0 radical (unpaired) electrons. The predicted octanol–water partition coefficient (Wildman–Crippen LogP) is 4.79. The first-order chi connectivity index (χ1) is 13.2. The van der Waals surface area contributed by atoms with E-state index < -0.39 is 5.60 Å². The molecule has 1 aromatic carbocycles. The van der Waals surface area contributed by atoms with Crippen molar-refractivity contribution in [1.82, 2.24) is 5.32 Å². The van der Waals surface area contributed by atoms with Crippen molar-refractivity contribution in [3.8, 4) is 0 Å². The lowest BCUT2D eigenvalue weighted by Gasteiger charge is -2.41. The van der Waals surface area contributed by atoms with E-state index in [2.05, 4.69) is 11.4 Å². The summed E-state index contributed by atoms with van der Waals surface area (Å²) in [4.78, 5) is 0. The van der Waals surface area contributed by atoms with Crippen molar-refractivity contribution in [2.75, 3.05) is 26.8 Å². The largest absolute Gasteiger partial charge is 0.385 e. The SMILES string of the molecule is COCCCC[C@@](O)(c1cccc(F)c1C1=CCCCC1)[C@@H]1CCCNC1. The van der Waals surface area contributed by atoms with Gasteiger partial charge in [-0.15, -0.1) is 0 Å². The molecular formula is C23H34FNO2. The van der Waals surface area contributed by atoms with Gasteiger partial charge >= 0.3 is 0 Å². The number of rotatable bonds is 8. The Hall–Kier alpha value is -1.23. The highest BCUT2D eigenvalue weighted by Gasteiger charge is 2.41. The zero-order chi connectivity index (χ0) is 19.1. The van der Waals surface area contributed by atoms with Crippen LogP contribution in [0.4, 0.5) is 4.39 Å². The van der Waals surface area contributed by atoms with Crippen molar-refractivity contribution < 1.29 is 14.2 Å².